The highest BCUT2D eigenvalue weighted by molar-refractivity contribution is 5.10. The van der Waals surface area contributed by atoms with Crippen LogP contribution in [0.15, 0.2) is 12.2 Å². The van der Waals surface area contributed by atoms with E-state index in [0.717, 1.165) is 23.7 Å². The van der Waals surface area contributed by atoms with Crippen molar-refractivity contribution in [3.63, 3.8) is 0 Å². The van der Waals surface area contributed by atoms with Crippen molar-refractivity contribution in [3.8, 4) is 0 Å². The van der Waals surface area contributed by atoms with Gasteiger partial charge in [-0.05, 0) is 37.5 Å². The van der Waals surface area contributed by atoms with Gasteiger partial charge in [-0.1, -0.05) is 38.8 Å². The number of halogens is 2. The highest BCUT2D eigenvalue weighted by Gasteiger charge is 2.51. The SMILES string of the molecule is CCCC[N+](C)(CCCC)CCCC[N+]1(C)CC2C3C=CC(CC3)C2C1.[I-].[I-]. The highest BCUT2D eigenvalue weighted by Crippen LogP contribution is 2.49. The summed E-state index contributed by atoms with van der Waals surface area (Å²) < 4.78 is 2.70. The van der Waals surface area contributed by atoms with Crippen LogP contribution in [0.25, 0.3) is 0 Å². The Bertz CT molecular complexity index is 449. The van der Waals surface area contributed by atoms with Crippen molar-refractivity contribution in [1.82, 2.24) is 0 Å². The molecule has 1 heterocycles. The van der Waals surface area contributed by atoms with Crippen molar-refractivity contribution < 1.29 is 56.9 Å². The summed E-state index contributed by atoms with van der Waals surface area (Å²) in [6, 6.07) is 0. The van der Waals surface area contributed by atoms with Gasteiger partial charge in [-0.3, -0.25) is 0 Å². The molecule has 0 N–H and O–H groups in total. The molecule has 2 nitrogen and oxygen atoms in total. The van der Waals surface area contributed by atoms with E-state index in [-0.39, 0.29) is 48.0 Å². The zero-order valence-corrected chi connectivity index (χ0v) is 23.3. The van der Waals surface area contributed by atoms with Gasteiger partial charge in [0.15, 0.2) is 0 Å². The smallest absolute Gasteiger partial charge is 0.0824 e. The van der Waals surface area contributed by atoms with E-state index < -0.39 is 0 Å². The number of rotatable bonds is 11. The van der Waals surface area contributed by atoms with Gasteiger partial charge in [0.1, 0.15) is 0 Å². The minimum absolute atomic E-state index is 0. The number of quaternary nitrogens is 2. The van der Waals surface area contributed by atoms with E-state index in [4.69, 9.17) is 0 Å². The molecule has 2 bridgehead atoms. The van der Waals surface area contributed by atoms with Crippen LogP contribution in [0, 0.1) is 23.7 Å². The van der Waals surface area contributed by atoms with Crippen molar-refractivity contribution in [2.45, 2.75) is 65.2 Å². The van der Waals surface area contributed by atoms with E-state index >= 15 is 0 Å². The molecule has 1 saturated carbocycles. The first-order valence-electron chi connectivity index (χ1n) is 11.8. The summed E-state index contributed by atoms with van der Waals surface area (Å²) in [6.45, 7) is 13.2. The first-order chi connectivity index (χ1) is 12.5. The lowest BCUT2D eigenvalue weighted by Gasteiger charge is -2.38. The fraction of sp³-hybridized carbons (Fsp3) is 0.917. The van der Waals surface area contributed by atoms with Crippen LogP contribution in [-0.4, -0.2) is 62.3 Å². The van der Waals surface area contributed by atoms with Crippen molar-refractivity contribution >= 4 is 0 Å². The van der Waals surface area contributed by atoms with Crippen LogP contribution < -0.4 is 48.0 Å². The molecule has 4 rings (SSSR count). The molecule has 4 heteroatoms. The molecule has 0 aromatic heterocycles. The number of fused-ring (bicyclic) bond motifs is 1. The van der Waals surface area contributed by atoms with Crippen LogP contribution in [0.5, 0.6) is 0 Å². The number of likely N-dealkylation sites (tertiary alicyclic amines) is 1. The summed E-state index contributed by atoms with van der Waals surface area (Å²) in [7, 11) is 5.09. The predicted octanol–water partition coefficient (Wildman–Crippen LogP) is -0.890. The summed E-state index contributed by atoms with van der Waals surface area (Å²) >= 11 is 0. The molecule has 0 radical (unpaired) electrons. The molecule has 166 valence electrons. The van der Waals surface area contributed by atoms with Crippen LogP contribution in [0.4, 0.5) is 0 Å². The van der Waals surface area contributed by atoms with Crippen LogP contribution in [0.1, 0.15) is 65.2 Å². The zero-order valence-electron chi connectivity index (χ0n) is 19.0. The van der Waals surface area contributed by atoms with Gasteiger partial charge in [0, 0.05) is 24.7 Å². The topological polar surface area (TPSA) is 0 Å². The first kappa shape index (κ1) is 27.2. The average molecular weight is 616 g/mol. The van der Waals surface area contributed by atoms with Crippen LogP contribution in [0.2, 0.25) is 0 Å². The van der Waals surface area contributed by atoms with E-state index in [9.17, 15) is 0 Å². The Morgan fingerprint density at radius 1 is 0.786 bits per heavy atom. The number of nitrogens with zero attached hydrogens (tertiary/aromatic N) is 2. The molecule has 4 unspecified atom stereocenters. The van der Waals surface area contributed by atoms with Gasteiger partial charge in [-0.2, -0.15) is 0 Å². The number of unbranched alkanes of at least 4 members (excludes halogenated alkanes) is 3. The molecular weight excluding hydrogens is 570 g/mol. The normalized spacial score (nSPS) is 33.3. The van der Waals surface area contributed by atoms with E-state index in [0.29, 0.717) is 0 Å². The van der Waals surface area contributed by atoms with Crippen molar-refractivity contribution in [2.24, 2.45) is 23.7 Å². The molecule has 3 aliphatic carbocycles. The second-order valence-electron chi connectivity index (χ2n) is 10.5. The quantitative estimate of drug-likeness (QED) is 0.123. The van der Waals surface area contributed by atoms with Gasteiger partial charge in [0.2, 0.25) is 0 Å². The maximum Gasteiger partial charge on any atom is 0.0824 e. The van der Waals surface area contributed by atoms with Gasteiger partial charge >= 0.3 is 0 Å². The fourth-order valence-electron chi connectivity index (χ4n) is 6.43. The van der Waals surface area contributed by atoms with Crippen LogP contribution >= 0.6 is 0 Å². The van der Waals surface area contributed by atoms with Crippen LogP contribution in [0.3, 0.4) is 0 Å². The average Bonchev–Trinajstić information content (AvgIpc) is 3.03. The third-order valence-corrected chi connectivity index (χ3v) is 8.14. The van der Waals surface area contributed by atoms with Gasteiger partial charge in [0.25, 0.3) is 0 Å². The van der Waals surface area contributed by atoms with Crippen molar-refractivity contribution in [1.29, 1.82) is 0 Å². The second kappa shape index (κ2) is 12.2. The minimum Gasteiger partial charge on any atom is -1.00 e. The largest absolute Gasteiger partial charge is 1.00 e. The molecule has 0 aromatic carbocycles. The van der Waals surface area contributed by atoms with E-state index in [1.165, 1.54) is 99.6 Å². The second-order valence-corrected chi connectivity index (χ2v) is 10.5. The summed E-state index contributed by atoms with van der Waals surface area (Å²) in [6.07, 6.45) is 16.5. The molecule has 0 aromatic rings. The summed E-state index contributed by atoms with van der Waals surface area (Å²) in [5.41, 5.74) is 0. The fourth-order valence-corrected chi connectivity index (χ4v) is 6.43. The number of allylic oxidation sites excluding steroid dienone is 2. The Morgan fingerprint density at radius 2 is 1.25 bits per heavy atom. The summed E-state index contributed by atoms with van der Waals surface area (Å²) in [5.74, 6) is 3.87. The predicted molar refractivity (Wildman–Crippen MR) is 113 cm³/mol. The van der Waals surface area contributed by atoms with E-state index in [2.05, 4.69) is 40.1 Å². The Balaban J connectivity index is 0.00000196. The molecule has 28 heavy (non-hydrogen) atoms. The first-order valence-corrected chi connectivity index (χ1v) is 11.8. The Labute approximate surface area is 210 Å². The van der Waals surface area contributed by atoms with Gasteiger partial charge < -0.3 is 56.9 Å². The van der Waals surface area contributed by atoms with Gasteiger partial charge in [-0.15, -0.1) is 0 Å². The number of hydrogen-bond acceptors (Lipinski definition) is 0. The molecule has 1 aliphatic heterocycles. The Kier molecular flexibility index (Phi) is 11.9. The lowest BCUT2D eigenvalue weighted by atomic mass is 9.64. The molecule has 0 spiro atoms. The summed E-state index contributed by atoms with van der Waals surface area (Å²) in [4.78, 5) is 0. The standard InChI is InChI=1S/C24H46N2.2HI/c1-5-7-15-25(3,16-8-6-2)17-9-10-18-26(4)19-23-21-11-12-22(14-13-21)24(23)20-26;;/h11-12,21-24H,5-10,13-20H2,1-4H3;2*1H/q+2;;/p-2. The lowest BCUT2D eigenvalue weighted by Crippen LogP contribution is -3.00. The Morgan fingerprint density at radius 3 is 1.68 bits per heavy atom. The zero-order chi connectivity index (χ0) is 18.6. The molecule has 4 atom stereocenters. The van der Waals surface area contributed by atoms with Gasteiger partial charge in [0.05, 0.1) is 53.4 Å². The molecular formula is C24H46I2N2. The summed E-state index contributed by atoms with van der Waals surface area (Å²) in [5, 5.41) is 0. The molecule has 0 amide bonds. The maximum absolute atomic E-state index is 2.58. The maximum atomic E-state index is 2.58. The Hall–Kier alpha value is 1.12. The van der Waals surface area contributed by atoms with E-state index in [1.54, 1.807) is 0 Å². The van der Waals surface area contributed by atoms with Crippen molar-refractivity contribution in [3.05, 3.63) is 12.2 Å². The highest BCUT2D eigenvalue weighted by atomic mass is 127. The monoisotopic (exact) mass is 616 g/mol. The van der Waals surface area contributed by atoms with Gasteiger partial charge in [-0.25, -0.2) is 0 Å². The van der Waals surface area contributed by atoms with Crippen LogP contribution in [-0.2, 0) is 0 Å². The van der Waals surface area contributed by atoms with E-state index in [1.807, 2.05) is 0 Å². The molecule has 4 aliphatic rings. The third-order valence-electron chi connectivity index (χ3n) is 8.14. The number of hydrogen-bond donors (Lipinski definition) is 0. The third kappa shape index (κ3) is 6.81. The lowest BCUT2D eigenvalue weighted by molar-refractivity contribution is -0.913. The molecule has 2 fully saturated rings. The van der Waals surface area contributed by atoms with Crippen molar-refractivity contribution in [2.75, 3.05) is 53.4 Å². The molecule has 1 saturated heterocycles. The minimum atomic E-state index is 0.